The van der Waals surface area contributed by atoms with Crippen molar-refractivity contribution in [2.45, 2.75) is 38.5 Å². The molecule has 0 spiro atoms. The monoisotopic (exact) mass is 1400 g/mol. The Hall–Kier alpha value is -13.9. The van der Waals surface area contributed by atoms with Gasteiger partial charge in [0.15, 0.2) is 5.82 Å². The van der Waals surface area contributed by atoms with Crippen LogP contribution in [0.2, 0.25) is 0 Å². The summed E-state index contributed by atoms with van der Waals surface area (Å²) in [5.41, 5.74) is 36.5. The van der Waals surface area contributed by atoms with E-state index in [4.69, 9.17) is 9.97 Å². The number of hydrogen-bond donors (Lipinski definition) is 0. The maximum atomic E-state index is 5.64. The van der Waals surface area contributed by atoms with Crippen molar-refractivity contribution in [1.29, 1.82) is 0 Å². The van der Waals surface area contributed by atoms with Gasteiger partial charge in [-0.2, -0.15) is 0 Å². The third-order valence-electron chi connectivity index (χ3n) is 25.1. The summed E-state index contributed by atoms with van der Waals surface area (Å²) < 4.78 is 9.75. The second kappa shape index (κ2) is 22.3. The van der Waals surface area contributed by atoms with Crippen LogP contribution in [0.25, 0.3) is 210 Å². The molecule has 6 heteroatoms. The van der Waals surface area contributed by atoms with E-state index < -0.39 is 0 Å². The molecule has 0 unspecified atom stereocenters. The van der Waals surface area contributed by atoms with E-state index in [0.29, 0.717) is 5.82 Å². The number of aromatic nitrogens is 6. The highest BCUT2D eigenvalue weighted by Crippen LogP contribution is 2.54. The Bertz CT molecular complexity index is 7630. The number of rotatable bonds is 8. The lowest BCUT2D eigenvalue weighted by molar-refractivity contribution is 0.660. The first kappa shape index (κ1) is 61.2. The predicted molar refractivity (Wildman–Crippen MR) is 458 cm³/mol. The lowest BCUT2D eigenvalue weighted by Gasteiger charge is -2.22. The fraction of sp³-hybridized carbons (Fsp3) is 0.0577. The van der Waals surface area contributed by atoms with Crippen molar-refractivity contribution in [2.24, 2.45) is 0 Å². The molecule has 0 bridgehead atoms. The second-order valence-corrected chi connectivity index (χ2v) is 31.6. The molecule has 0 radical (unpaired) electrons. The van der Waals surface area contributed by atoms with E-state index in [1.54, 1.807) is 0 Å². The van der Waals surface area contributed by atoms with Gasteiger partial charge in [-0.3, -0.25) is 0 Å². The SMILES string of the molecule is CC1(C)c2ccccc2-c2ccc(-n3c4ccccc4c4cc(-c5ccc6c(c5)c5ccccc5n6-c5ccc(-c6nc(-c7ccc(-n8c9ccccc9c9cc(-c%10ccc%11c(c%10)c%10ccccc%10n%11-c%10ccc%11c(c%10)C(C)(C)c%10ccccc%10-%11)ccc98)cc7)c7c(n6)-c6cccc8cccc-7c68)cc5)ccc43)cc21. The Morgan fingerprint density at radius 2 is 0.536 bits per heavy atom. The van der Waals surface area contributed by atoms with Crippen molar-refractivity contribution in [1.82, 2.24) is 28.2 Å². The minimum absolute atomic E-state index is 0.0976. The van der Waals surface area contributed by atoms with Crippen molar-refractivity contribution in [3.05, 3.63) is 362 Å². The molecule has 514 valence electrons. The summed E-state index contributed by atoms with van der Waals surface area (Å²) in [5, 5.41) is 12.2. The maximum Gasteiger partial charge on any atom is 0.160 e. The number of benzene rings is 16. The molecule has 6 nitrogen and oxygen atoms in total. The first-order valence-corrected chi connectivity index (χ1v) is 38.4. The van der Waals surface area contributed by atoms with Gasteiger partial charge in [0.25, 0.3) is 0 Å². The third-order valence-corrected chi connectivity index (χ3v) is 25.1. The van der Waals surface area contributed by atoms with Crippen molar-refractivity contribution >= 4 is 98.0 Å². The molecule has 5 heterocycles. The van der Waals surface area contributed by atoms with Gasteiger partial charge in [0, 0.05) is 98.9 Å². The molecule has 0 amide bonds. The van der Waals surface area contributed by atoms with Crippen LogP contribution in [0, 0.1) is 0 Å². The van der Waals surface area contributed by atoms with E-state index >= 15 is 0 Å². The molecule has 3 aliphatic rings. The van der Waals surface area contributed by atoms with Gasteiger partial charge in [0.2, 0.25) is 0 Å². The Labute approximate surface area is 634 Å². The molecule has 3 aliphatic carbocycles. The highest BCUT2D eigenvalue weighted by Gasteiger charge is 2.38. The smallest absolute Gasteiger partial charge is 0.160 e. The second-order valence-electron chi connectivity index (χ2n) is 31.6. The van der Waals surface area contributed by atoms with Gasteiger partial charge in [0.05, 0.1) is 55.5 Å². The van der Waals surface area contributed by atoms with E-state index in [1.165, 1.54) is 154 Å². The summed E-state index contributed by atoms with van der Waals surface area (Å²) in [6.45, 7) is 9.45. The van der Waals surface area contributed by atoms with Gasteiger partial charge >= 0.3 is 0 Å². The van der Waals surface area contributed by atoms with Crippen LogP contribution in [-0.4, -0.2) is 28.2 Å². The van der Waals surface area contributed by atoms with Crippen molar-refractivity contribution in [2.75, 3.05) is 0 Å². The van der Waals surface area contributed by atoms with Crippen LogP contribution in [0.3, 0.4) is 0 Å². The Morgan fingerprint density at radius 3 is 0.964 bits per heavy atom. The molecule has 0 atom stereocenters. The molecule has 16 aromatic carbocycles. The molecule has 0 N–H and O–H groups in total. The molecule has 0 fully saturated rings. The number of fused-ring (bicyclic) bond motifs is 21. The van der Waals surface area contributed by atoms with Gasteiger partial charge in [0.1, 0.15) is 0 Å². The predicted octanol–water partition coefficient (Wildman–Crippen LogP) is 26.9. The van der Waals surface area contributed by atoms with E-state index in [2.05, 4.69) is 386 Å². The zero-order chi connectivity index (χ0) is 72.6. The van der Waals surface area contributed by atoms with E-state index in [-0.39, 0.29) is 10.8 Å². The van der Waals surface area contributed by atoms with Crippen LogP contribution < -0.4 is 0 Å². The Kier molecular flexibility index (Phi) is 12.4. The molecule has 5 aromatic heterocycles. The zero-order valence-corrected chi connectivity index (χ0v) is 61.0. The summed E-state index contributed by atoms with van der Waals surface area (Å²) >= 11 is 0. The third kappa shape index (κ3) is 8.47. The van der Waals surface area contributed by atoms with Crippen LogP contribution in [0.4, 0.5) is 0 Å². The quantitative estimate of drug-likeness (QED) is 0.152. The number of nitrogens with zero attached hydrogens (tertiary/aromatic N) is 6. The van der Waals surface area contributed by atoms with Gasteiger partial charge < -0.3 is 18.3 Å². The summed E-state index contributed by atoms with van der Waals surface area (Å²) in [7, 11) is 0. The lowest BCUT2D eigenvalue weighted by atomic mass is 9.82. The molecule has 110 heavy (non-hydrogen) atoms. The largest absolute Gasteiger partial charge is 0.309 e. The van der Waals surface area contributed by atoms with Crippen LogP contribution in [0.15, 0.2) is 340 Å². The summed E-state index contributed by atoms with van der Waals surface area (Å²) in [4.78, 5) is 11.2. The molecule has 21 aromatic rings. The van der Waals surface area contributed by atoms with E-state index in [0.717, 1.165) is 72.6 Å². The number of para-hydroxylation sites is 4. The van der Waals surface area contributed by atoms with Crippen LogP contribution in [-0.2, 0) is 10.8 Å². The van der Waals surface area contributed by atoms with Gasteiger partial charge in [-0.15, -0.1) is 0 Å². The summed E-state index contributed by atoms with van der Waals surface area (Å²) in [5.74, 6) is 0.686. The van der Waals surface area contributed by atoms with Crippen LogP contribution in [0.1, 0.15) is 49.9 Å². The van der Waals surface area contributed by atoms with Crippen molar-refractivity contribution in [3.63, 3.8) is 0 Å². The summed E-state index contributed by atoms with van der Waals surface area (Å²) in [6.07, 6.45) is 0. The molecule has 0 saturated carbocycles. The highest BCUT2D eigenvalue weighted by molar-refractivity contribution is 6.18. The minimum atomic E-state index is -0.0980. The average molecular weight is 1400 g/mol. The van der Waals surface area contributed by atoms with Crippen LogP contribution in [0.5, 0.6) is 0 Å². The number of hydrogen-bond acceptors (Lipinski definition) is 2. The minimum Gasteiger partial charge on any atom is -0.309 e. The van der Waals surface area contributed by atoms with Gasteiger partial charge in [-0.05, 0) is 217 Å². The molecular weight excluding hydrogens is 1330 g/mol. The van der Waals surface area contributed by atoms with Gasteiger partial charge in [-0.1, -0.05) is 234 Å². The molecular formula is C104H68N6. The van der Waals surface area contributed by atoms with Crippen molar-refractivity contribution in [3.8, 4) is 112 Å². The first-order valence-electron chi connectivity index (χ1n) is 38.4. The standard InChI is InChI=1S/C104H68N6/c1-103(2)86-29-11-5-21-72(86)74-49-47-70(59-88(74)103)109-92-33-15-9-25-78(92)84-57-66(41-53-96(84)109)64-39-51-94-82(55-64)76-23-7-13-31-90(76)107(94)68-43-35-62(36-44-68)100-99-80-27-17-19-61-20-18-28-81(98(61)80)101(99)106-102(105-100)63-37-45-69(46-38-63)108-91-32-14-8-24-77(91)83-56-65(40-52-95(83)108)67-42-54-97-85(58-67)79-26-10-16-34-93(79)110(97)71-48-50-75-73-22-6-12-30-87(73)104(3,4)89(75)60-71/h5-60H,1-4H3. The van der Waals surface area contributed by atoms with Gasteiger partial charge in [-0.25, -0.2) is 9.97 Å². The lowest BCUT2D eigenvalue weighted by Crippen LogP contribution is -2.15. The normalized spacial score (nSPS) is 13.6. The molecule has 24 rings (SSSR count). The molecule has 0 aliphatic heterocycles. The van der Waals surface area contributed by atoms with E-state index in [1.807, 2.05) is 0 Å². The fourth-order valence-electron chi connectivity index (χ4n) is 19.9. The van der Waals surface area contributed by atoms with E-state index in [9.17, 15) is 0 Å². The summed E-state index contributed by atoms with van der Waals surface area (Å²) in [6, 6.07) is 127. The zero-order valence-electron chi connectivity index (χ0n) is 61.0. The Morgan fingerprint density at radius 1 is 0.218 bits per heavy atom. The molecule has 0 saturated heterocycles. The Balaban J connectivity index is 0.570. The average Bonchev–Trinajstić information content (AvgIpc) is 1.56. The topological polar surface area (TPSA) is 45.5 Å². The fourth-order valence-corrected chi connectivity index (χ4v) is 19.9. The maximum absolute atomic E-state index is 5.64. The van der Waals surface area contributed by atoms with Crippen molar-refractivity contribution < 1.29 is 0 Å². The van der Waals surface area contributed by atoms with Crippen LogP contribution >= 0.6 is 0 Å². The first-order chi connectivity index (χ1) is 54.1. The highest BCUT2D eigenvalue weighted by atomic mass is 15.0.